The number of hydrogen-bond donors (Lipinski definition) is 1. The van der Waals surface area contributed by atoms with Gasteiger partial charge in [0.15, 0.2) is 6.10 Å². The Morgan fingerprint density at radius 2 is 2.00 bits per heavy atom. The van der Waals surface area contributed by atoms with E-state index in [1.54, 1.807) is 0 Å². The number of amides is 1. The number of hydrogen-bond acceptors (Lipinski definition) is 2. The van der Waals surface area contributed by atoms with Crippen molar-refractivity contribution in [2.75, 3.05) is 6.54 Å². The van der Waals surface area contributed by atoms with Gasteiger partial charge < -0.3 is 10.1 Å². The molecular weight excluding hydrogens is 250 g/mol. The maximum absolute atomic E-state index is 12.1. The van der Waals surface area contributed by atoms with Crippen LogP contribution in [0.1, 0.15) is 44.6 Å². The molecule has 0 aliphatic heterocycles. The second-order valence-corrected chi connectivity index (χ2v) is 5.77. The first-order chi connectivity index (χ1) is 9.66. The van der Waals surface area contributed by atoms with Gasteiger partial charge in [-0.1, -0.05) is 37.5 Å². The van der Waals surface area contributed by atoms with E-state index < -0.39 is 6.10 Å². The Balaban J connectivity index is 1.78. The van der Waals surface area contributed by atoms with Gasteiger partial charge in [-0.2, -0.15) is 0 Å². The lowest BCUT2D eigenvalue weighted by molar-refractivity contribution is -0.127. The number of carbonyl (C=O) groups excluding carboxylic acids is 1. The van der Waals surface area contributed by atoms with Crippen LogP contribution in [0.3, 0.4) is 0 Å². The van der Waals surface area contributed by atoms with Gasteiger partial charge in [0.05, 0.1) is 0 Å². The summed E-state index contributed by atoms with van der Waals surface area (Å²) in [5.41, 5.74) is 1.06. The first-order valence-corrected chi connectivity index (χ1v) is 7.67. The molecule has 1 N–H and O–H groups in total. The fourth-order valence-electron chi connectivity index (χ4n) is 2.71. The van der Waals surface area contributed by atoms with Crippen LogP contribution in [0.2, 0.25) is 0 Å². The van der Waals surface area contributed by atoms with Crippen molar-refractivity contribution in [1.29, 1.82) is 0 Å². The minimum atomic E-state index is -0.445. The molecule has 2 rings (SSSR count). The van der Waals surface area contributed by atoms with Gasteiger partial charge in [-0.3, -0.25) is 4.79 Å². The molecule has 3 heteroatoms. The van der Waals surface area contributed by atoms with Crippen LogP contribution in [0.25, 0.3) is 0 Å². The predicted molar refractivity (Wildman–Crippen MR) is 80.9 cm³/mol. The zero-order valence-corrected chi connectivity index (χ0v) is 12.5. The molecule has 1 aromatic carbocycles. The molecule has 0 unspecified atom stereocenters. The van der Waals surface area contributed by atoms with Crippen molar-refractivity contribution in [3.05, 3.63) is 29.8 Å². The molecule has 0 saturated heterocycles. The van der Waals surface area contributed by atoms with Crippen LogP contribution in [-0.2, 0) is 4.79 Å². The number of ether oxygens (including phenoxy) is 1. The van der Waals surface area contributed by atoms with Crippen molar-refractivity contribution in [2.24, 2.45) is 5.92 Å². The molecule has 1 amide bonds. The molecule has 0 aromatic heterocycles. The lowest BCUT2D eigenvalue weighted by Crippen LogP contribution is -2.39. The highest BCUT2D eigenvalue weighted by Gasteiger charge is 2.18. The van der Waals surface area contributed by atoms with Crippen molar-refractivity contribution in [1.82, 2.24) is 5.32 Å². The average Bonchev–Trinajstić information content (AvgIpc) is 2.48. The molecule has 1 atom stereocenters. The predicted octanol–water partition coefficient (Wildman–Crippen LogP) is 3.46. The number of para-hydroxylation sites is 1. The molecule has 1 saturated carbocycles. The maximum Gasteiger partial charge on any atom is 0.260 e. The second kappa shape index (κ2) is 7.32. The Morgan fingerprint density at radius 3 is 2.70 bits per heavy atom. The fourth-order valence-corrected chi connectivity index (χ4v) is 2.71. The van der Waals surface area contributed by atoms with E-state index in [0.29, 0.717) is 5.92 Å². The van der Waals surface area contributed by atoms with Crippen LogP contribution in [-0.4, -0.2) is 18.6 Å². The van der Waals surface area contributed by atoms with Gasteiger partial charge in [-0.05, 0) is 44.2 Å². The van der Waals surface area contributed by atoms with E-state index in [-0.39, 0.29) is 5.91 Å². The van der Waals surface area contributed by atoms with E-state index in [9.17, 15) is 4.79 Å². The van der Waals surface area contributed by atoms with Gasteiger partial charge in [-0.25, -0.2) is 0 Å². The van der Waals surface area contributed by atoms with Gasteiger partial charge in [0.1, 0.15) is 5.75 Å². The summed E-state index contributed by atoms with van der Waals surface area (Å²) in [6.45, 7) is 4.59. The maximum atomic E-state index is 12.1. The number of rotatable bonds is 5. The molecule has 20 heavy (non-hydrogen) atoms. The molecule has 1 aliphatic carbocycles. The van der Waals surface area contributed by atoms with Crippen molar-refractivity contribution < 1.29 is 9.53 Å². The van der Waals surface area contributed by atoms with Gasteiger partial charge in [0, 0.05) is 6.54 Å². The molecule has 1 fully saturated rings. The Morgan fingerprint density at radius 1 is 1.30 bits per heavy atom. The monoisotopic (exact) mass is 275 g/mol. The summed E-state index contributed by atoms with van der Waals surface area (Å²) in [6.07, 6.45) is 5.99. The van der Waals surface area contributed by atoms with E-state index in [4.69, 9.17) is 4.74 Å². The summed E-state index contributed by atoms with van der Waals surface area (Å²) in [6, 6.07) is 7.78. The fraction of sp³-hybridized carbons (Fsp3) is 0.588. The molecular formula is C17H25NO2. The molecule has 1 aliphatic rings. The van der Waals surface area contributed by atoms with E-state index in [0.717, 1.165) is 17.9 Å². The van der Waals surface area contributed by atoms with Crippen LogP contribution in [0.15, 0.2) is 24.3 Å². The SMILES string of the molecule is Cc1ccccc1O[C@H](C)C(=O)NCC1CCCCC1. The summed E-state index contributed by atoms with van der Waals surface area (Å²) >= 11 is 0. The van der Waals surface area contributed by atoms with Gasteiger partial charge >= 0.3 is 0 Å². The van der Waals surface area contributed by atoms with Crippen LogP contribution in [0.5, 0.6) is 5.75 Å². The smallest absolute Gasteiger partial charge is 0.260 e. The molecule has 0 bridgehead atoms. The summed E-state index contributed by atoms with van der Waals surface area (Å²) in [5, 5.41) is 3.03. The highest BCUT2D eigenvalue weighted by molar-refractivity contribution is 5.80. The Kier molecular flexibility index (Phi) is 5.45. The van der Waals surface area contributed by atoms with E-state index in [1.807, 2.05) is 38.1 Å². The first-order valence-electron chi connectivity index (χ1n) is 7.67. The zero-order chi connectivity index (χ0) is 14.4. The standard InChI is InChI=1S/C17H25NO2/c1-13-8-6-7-11-16(13)20-14(2)17(19)18-12-15-9-4-3-5-10-15/h6-8,11,14-15H,3-5,9-10,12H2,1-2H3,(H,18,19)/t14-/m1/s1. The van der Waals surface area contributed by atoms with Crippen LogP contribution < -0.4 is 10.1 Å². The van der Waals surface area contributed by atoms with Crippen molar-refractivity contribution in [2.45, 2.75) is 52.1 Å². The molecule has 110 valence electrons. The highest BCUT2D eigenvalue weighted by atomic mass is 16.5. The molecule has 0 heterocycles. The zero-order valence-electron chi connectivity index (χ0n) is 12.5. The van der Waals surface area contributed by atoms with Gasteiger partial charge in [-0.15, -0.1) is 0 Å². The average molecular weight is 275 g/mol. The molecule has 1 aromatic rings. The number of carbonyl (C=O) groups is 1. The topological polar surface area (TPSA) is 38.3 Å². The van der Waals surface area contributed by atoms with Crippen LogP contribution in [0.4, 0.5) is 0 Å². The first kappa shape index (κ1) is 14.9. The van der Waals surface area contributed by atoms with E-state index in [1.165, 1.54) is 32.1 Å². The Bertz CT molecular complexity index is 438. The van der Waals surface area contributed by atoms with Crippen LogP contribution in [0, 0.1) is 12.8 Å². The van der Waals surface area contributed by atoms with Crippen molar-refractivity contribution >= 4 is 5.91 Å². The van der Waals surface area contributed by atoms with Gasteiger partial charge in [0.2, 0.25) is 0 Å². The summed E-state index contributed by atoms with van der Waals surface area (Å²) in [7, 11) is 0. The highest BCUT2D eigenvalue weighted by Crippen LogP contribution is 2.23. The number of benzene rings is 1. The van der Waals surface area contributed by atoms with Crippen molar-refractivity contribution in [3.8, 4) is 5.75 Å². The summed E-state index contributed by atoms with van der Waals surface area (Å²) in [5.74, 6) is 1.42. The second-order valence-electron chi connectivity index (χ2n) is 5.77. The third kappa shape index (κ3) is 4.26. The van der Waals surface area contributed by atoms with E-state index in [2.05, 4.69) is 5.32 Å². The molecule has 0 spiro atoms. The Hall–Kier alpha value is -1.51. The van der Waals surface area contributed by atoms with Gasteiger partial charge in [0.25, 0.3) is 5.91 Å². The Labute approximate surface area is 121 Å². The third-order valence-electron chi connectivity index (χ3n) is 4.06. The molecule has 3 nitrogen and oxygen atoms in total. The van der Waals surface area contributed by atoms with Crippen molar-refractivity contribution in [3.63, 3.8) is 0 Å². The van der Waals surface area contributed by atoms with Crippen LogP contribution >= 0.6 is 0 Å². The lowest BCUT2D eigenvalue weighted by atomic mass is 9.89. The normalized spacial score (nSPS) is 17.5. The quantitative estimate of drug-likeness (QED) is 0.893. The summed E-state index contributed by atoms with van der Waals surface area (Å²) in [4.78, 5) is 12.1. The number of nitrogens with one attached hydrogen (secondary N) is 1. The minimum Gasteiger partial charge on any atom is -0.481 e. The minimum absolute atomic E-state index is 0.0150. The molecule has 0 radical (unpaired) electrons. The largest absolute Gasteiger partial charge is 0.481 e. The lowest BCUT2D eigenvalue weighted by Gasteiger charge is -2.23. The third-order valence-corrected chi connectivity index (χ3v) is 4.06. The van der Waals surface area contributed by atoms with E-state index >= 15 is 0 Å². The number of aryl methyl sites for hydroxylation is 1. The summed E-state index contributed by atoms with van der Waals surface area (Å²) < 4.78 is 5.73.